The lowest BCUT2D eigenvalue weighted by molar-refractivity contribution is 0.0730. The number of carbonyl (C=O) groups excluding carboxylic acids is 1. The molecule has 7 heteroatoms. The van der Waals surface area contributed by atoms with Crippen molar-refractivity contribution in [1.29, 1.82) is 0 Å². The number of aromatic nitrogens is 2. The van der Waals surface area contributed by atoms with Gasteiger partial charge in [0.15, 0.2) is 0 Å². The molecule has 2 aromatic carbocycles. The lowest BCUT2D eigenvalue weighted by Crippen LogP contribution is -2.31. The molecule has 1 amide bonds. The van der Waals surface area contributed by atoms with Gasteiger partial charge in [-0.05, 0) is 43.5 Å². The van der Waals surface area contributed by atoms with E-state index in [1.54, 1.807) is 36.1 Å². The number of aryl methyl sites for hydroxylation is 2. The Labute approximate surface area is 167 Å². The molecule has 1 aliphatic heterocycles. The summed E-state index contributed by atoms with van der Waals surface area (Å²) in [6, 6.07) is 9.29. The number of halogens is 1. The Kier molecular flexibility index (Phi) is 4.84. The Hall–Kier alpha value is -3.19. The molecule has 3 aromatic rings. The second kappa shape index (κ2) is 7.33. The molecule has 6 nitrogen and oxygen atoms in total. The summed E-state index contributed by atoms with van der Waals surface area (Å²) in [7, 11) is 0. The topological polar surface area (TPSA) is 89.5 Å². The van der Waals surface area contributed by atoms with Gasteiger partial charge >= 0.3 is 0 Å². The van der Waals surface area contributed by atoms with Crippen LogP contribution < -0.4 is 0 Å². The summed E-state index contributed by atoms with van der Waals surface area (Å²) in [5.41, 5.74) is 3.74. The molecule has 0 saturated carbocycles. The largest absolute Gasteiger partial charge is 0.507 e. The fourth-order valence-electron chi connectivity index (χ4n) is 4.03. The number of phenolic OH excluding ortho intramolecular Hbond substituents is 1. The molecule has 0 radical (unpaired) electrons. The summed E-state index contributed by atoms with van der Waals surface area (Å²) < 4.78 is 14.7. The summed E-state index contributed by atoms with van der Waals surface area (Å²) in [5.74, 6) is -0.647. The predicted molar refractivity (Wildman–Crippen MR) is 106 cm³/mol. The van der Waals surface area contributed by atoms with Crippen LogP contribution in [0.3, 0.4) is 0 Å². The van der Waals surface area contributed by atoms with E-state index in [0.29, 0.717) is 34.4 Å². The van der Waals surface area contributed by atoms with Gasteiger partial charge in [0.25, 0.3) is 5.91 Å². The third-order valence-electron chi connectivity index (χ3n) is 5.32. The Morgan fingerprint density at radius 2 is 2.00 bits per heavy atom. The second-order valence-electron chi connectivity index (χ2n) is 7.34. The number of phenols is 1. The van der Waals surface area contributed by atoms with Gasteiger partial charge in [-0.3, -0.25) is 9.89 Å². The summed E-state index contributed by atoms with van der Waals surface area (Å²) in [6.45, 7) is 3.90. The van der Waals surface area contributed by atoms with Crippen LogP contribution in [0, 0.1) is 19.7 Å². The molecule has 0 unspecified atom stereocenters. The van der Waals surface area contributed by atoms with E-state index < -0.39 is 11.9 Å². The number of aliphatic hydroxyl groups excluding tert-OH is 1. The molecule has 1 atom stereocenters. The second-order valence-corrected chi connectivity index (χ2v) is 7.34. The Balaban J connectivity index is 1.94. The third kappa shape index (κ3) is 3.07. The van der Waals surface area contributed by atoms with Crippen LogP contribution >= 0.6 is 0 Å². The van der Waals surface area contributed by atoms with E-state index in [-0.39, 0.29) is 30.5 Å². The van der Waals surface area contributed by atoms with E-state index in [2.05, 4.69) is 10.2 Å². The van der Waals surface area contributed by atoms with Crippen molar-refractivity contribution in [3.63, 3.8) is 0 Å². The molecule has 0 aliphatic carbocycles. The van der Waals surface area contributed by atoms with Crippen molar-refractivity contribution in [1.82, 2.24) is 15.1 Å². The molecule has 150 valence electrons. The van der Waals surface area contributed by atoms with Crippen LogP contribution in [-0.4, -0.2) is 44.4 Å². The molecule has 29 heavy (non-hydrogen) atoms. The first-order chi connectivity index (χ1) is 13.9. The first kappa shape index (κ1) is 19.1. The lowest BCUT2D eigenvalue weighted by atomic mass is 9.94. The van der Waals surface area contributed by atoms with Gasteiger partial charge < -0.3 is 15.1 Å². The van der Waals surface area contributed by atoms with E-state index in [4.69, 9.17) is 0 Å². The molecule has 1 aliphatic rings. The van der Waals surface area contributed by atoms with Crippen molar-refractivity contribution >= 4 is 5.91 Å². The summed E-state index contributed by atoms with van der Waals surface area (Å²) in [4.78, 5) is 14.6. The zero-order valence-electron chi connectivity index (χ0n) is 16.2. The van der Waals surface area contributed by atoms with Crippen LogP contribution in [0.2, 0.25) is 0 Å². The van der Waals surface area contributed by atoms with E-state index in [9.17, 15) is 19.4 Å². The van der Waals surface area contributed by atoms with Crippen LogP contribution in [0.25, 0.3) is 11.3 Å². The highest BCUT2D eigenvalue weighted by atomic mass is 19.1. The van der Waals surface area contributed by atoms with Crippen molar-refractivity contribution < 1.29 is 19.4 Å². The zero-order chi connectivity index (χ0) is 20.7. The average Bonchev–Trinajstić information content (AvgIpc) is 3.23. The Bertz CT molecular complexity index is 1090. The number of rotatable bonds is 5. The van der Waals surface area contributed by atoms with E-state index >= 15 is 0 Å². The van der Waals surface area contributed by atoms with Crippen molar-refractivity contribution in [3.05, 3.63) is 70.2 Å². The van der Waals surface area contributed by atoms with Crippen LogP contribution in [0.15, 0.2) is 36.4 Å². The van der Waals surface area contributed by atoms with E-state index in [0.717, 1.165) is 5.56 Å². The highest BCUT2D eigenvalue weighted by Crippen LogP contribution is 2.45. The minimum absolute atomic E-state index is 0.0787. The molecule has 1 aromatic heterocycles. The number of amides is 1. The number of H-pyrrole nitrogens is 1. The Morgan fingerprint density at radius 1 is 1.24 bits per heavy atom. The molecule has 0 spiro atoms. The number of benzene rings is 2. The maximum absolute atomic E-state index is 14.7. The van der Waals surface area contributed by atoms with Gasteiger partial charge in [-0.1, -0.05) is 24.3 Å². The number of fused-ring (bicyclic) bond motifs is 1. The number of hydrogen-bond acceptors (Lipinski definition) is 4. The molecule has 0 bridgehead atoms. The number of aliphatic hydroxyl groups is 1. The summed E-state index contributed by atoms with van der Waals surface area (Å²) in [6.07, 6.45) is 0.374. The van der Waals surface area contributed by atoms with Crippen molar-refractivity contribution in [3.8, 4) is 17.0 Å². The van der Waals surface area contributed by atoms with E-state index in [1.165, 1.54) is 6.07 Å². The highest BCUT2D eigenvalue weighted by molar-refractivity contribution is 6.00. The maximum atomic E-state index is 14.7. The fourth-order valence-corrected chi connectivity index (χ4v) is 4.03. The van der Waals surface area contributed by atoms with Gasteiger partial charge in [-0.2, -0.15) is 5.10 Å². The number of nitrogens with zero attached hydrogens (tertiary/aromatic N) is 2. The summed E-state index contributed by atoms with van der Waals surface area (Å²) in [5, 5.41) is 27.0. The lowest BCUT2D eigenvalue weighted by Gasteiger charge is -2.26. The third-order valence-corrected chi connectivity index (χ3v) is 5.32. The van der Waals surface area contributed by atoms with Gasteiger partial charge in [-0.15, -0.1) is 0 Å². The molecule has 3 N–H and O–H groups in total. The normalized spacial score (nSPS) is 15.8. The first-order valence-corrected chi connectivity index (χ1v) is 9.49. The number of hydrogen-bond donors (Lipinski definition) is 3. The van der Waals surface area contributed by atoms with Gasteiger partial charge in [0.05, 0.1) is 6.04 Å². The van der Waals surface area contributed by atoms with Crippen LogP contribution in [-0.2, 0) is 0 Å². The van der Waals surface area contributed by atoms with Crippen LogP contribution in [0.5, 0.6) is 5.75 Å². The predicted octanol–water partition coefficient (Wildman–Crippen LogP) is 3.47. The molecular weight excluding hydrogens is 373 g/mol. The average molecular weight is 395 g/mol. The smallest absolute Gasteiger partial charge is 0.273 e. The summed E-state index contributed by atoms with van der Waals surface area (Å²) >= 11 is 0. The van der Waals surface area contributed by atoms with Crippen LogP contribution in [0.4, 0.5) is 4.39 Å². The molecular formula is C22H22FN3O3. The SMILES string of the molecule is Cc1cc(C)c(O)c(-c2n[nH]c3c2[C@H](c2ccccc2F)N(CCCO)C3=O)c1. The minimum Gasteiger partial charge on any atom is -0.507 e. The van der Waals surface area contributed by atoms with Crippen molar-refractivity contribution in [2.45, 2.75) is 26.3 Å². The first-order valence-electron chi connectivity index (χ1n) is 9.49. The minimum atomic E-state index is -0.695. The zero-order valence-corrected chi connectivity index (χ0v) is 16.2. The number of aromatic amines is 1. The monoisotopic (exact) mass is 395 g/mol. The van der Waals surface area contributed by atoms with Gasteiger partial charge in [-0.25, -0.2) is 4.39 Å². The standard InChI is InChI=1S/C22H22FN3O3/c1-12-10-13(2)21(28)15(11-12)18-17-19(25-24-18)22(29)26(8-5-9-27)20(17)14-6-3-4-7-16(14)23/h3-4,6-7,10-11,20,27-28H,5,8-9H2,1-2H3,(H,24,25)/t20-/m0/s1. The number of nitrogens with one attached hydrogen (secondary N) is 1. The highest BCUT2D eigenvalue weighted by Gasteiger charge is 2.43. The molecule has 0 saturated heterocycles. The van der Waals surface area contributed by atoms with Gasteiger partial charge in [0.1, 0.15) is 23.0 Å². The molecule has 0 fully saturated rings. The number of aromatic hydroxyl groups is 1. The van der Waals surface area contributed by atoms with Gasteiger partial charge in [0.2, 0.25) is 0 Å². The van der Waals surface area contributed by atoms with Gasteiger partial charge in [0, 0.05) is 29.8 Å². The fraction of sp³-hybridized carbons (Fsp3) is 0.273. The van der Waals surface area contributed by atoms with E-state index in [1.807, 2.05) is 13.0 Å². The van der Waals surface area contributed by atoms with Crippen molar-refractivity contribution in [2.24, 2.45) is 0 Å². The van der Waals surface area contributed by atoms with Crippen LogP contribution in [0.1, 0.15) is 45.2 Å². The molecule has 2 heterocycles. The maximum Gasteiger partial charge on any atom is 0.273 e. The van der Waals surface area contributed by atoms with Crippen molar-refractivity contribution in [2.75, 3.05) is 13.2 Å². The number of carbonyl (C=O) groups is 1. The quantitative estimate of drug-likeness (QED) is 0.617. The Morgan fingerprint density at radius 3 is 2.72 bits per heavy atom. The molecule has 4 rings (SSSR count).